The predicted molar refractivity (Wildman–Crippen MR) is 116 cm³/mol. The van der Waals surface area contributed by atoms with Gasteiger partial charge in [0.05, 0.1) is 12.7 Å². The van der Waals surface area contributed by atoms with E-state index in [0.29, 0.717) is 18.6 Å². The van der Waals surface area contributed by atoms with E-state index in [-0.39, 0.29) is 18.2 Å². The summed E-state index contributed by atoms with van der Waals surface area (Å²) in [5.74, 6) is 0.553. The van der Waals surface area contributed by atoms with Gasteiger partial charge in [-0.15, -0.1) is 0 Å². The Morgan fingerprint density at radius 1 is 1.06 bits per heavy atom. The van der Waals surface area contributed by atoms with Gasteiger partial charge in [0.15, 0.2) is 11.6 Å². The van der Waals surface area contributed by atoms with E-state index in [1.54, 1.807) is 37.7 Å². The number of ether oxygens (including phenoxy) is 2. The van der Waals surface area contributed by atoms with E-state index in [4.69, 9.17) is 9.47 Å². The van der Waals surface area contributed by atoms with E-state index in [2.05, 4.69) is 9.88 Å². The zero-order chi connectivity index (χ0) is 21.7. The molecule has 0 amide bonds. The number of halogens is 1. The zero-order valence-corrected chi connectivity index (χ0v) is 17.6. The number of piperidine rings is 1. The Hall–Kier alpha value is -2.96. The van der Waals surface area contributed by atoms with Gasteiger partial charge in [0, 0.05) is 43.2 Å². The van der Waals surface area contributed by atoms with Crippen LogP contribution in [0.3, 0.4) is 0 Å². The van der Waals surface area contributed by atoms with Crippen molar-refractivity contribution >= 4 is 0 Å². The molecule has 162 valence electrons. The molecule has 0 bridgehead atoms. The fourth-order valence-corrected chi connectivity index (χ4v) is 4.03. The van der Waals surface area contributed by atoms with Crippen molar-refractivity contribution < 1.29 is 19.0 Å². The summed E-state index contributed by atoms with van der Waals surface area (Å²) >= 11 is 0. The van der Waals surface area contributed by atoms with Crippen LogP contribution in [0.4, 0.5) is 4.39 Å². The average Bonchev–Trinajstić information content (AvgIpc) is 2.81. The fraction of sp³-hybridized carbons (Fsp3) is 0.320. The second-order valence-corrected chi connectivity index (χ2v) is 7.91. The van der Waals surface area contributed by atoms with Gasteiger partial charge in [0.25, 0.3) is 0 Å². The van der Waals surface area contributed by atoms with Gasteiger partial charge in [0.1, 0.15) is 12.4 Å². The van der Waals surface area contributed by atoms with E-state index in [0.717, 1.165) is 36.3 Å². The van der Waals surface area contributed by atoms with Gasteiger partial charge in [0.2, 0.25) is 0 Å². The molecular weight excluding hydrogens is 395 g/mol. The maximum absolute atomic E-state index is 13.9. The van der Waals surface area contributed by atoms with E-state index >= 15 is 0 Å². The molecule has 4 rings (SSSR count). The fourth-order valence-electron chi connectivity index (χ4n) is 4.03. The minimum absolute atomic E-state index is 0.221. The summed E-state index contributed by atoms with van der Waals surface area (Å²) < 4.78 is 25.0. The summed E-state index contributed by atoms with van der Waals surface area (Å²) in [5.41, 5.74) is 2.06. The van der Waals surface area contributed by atoms with Crippen LogP contribution >= 0.6 is 0 Å². The van der Waals surface area contributed by atoms with Crippen molar-refractivity contribution in [1.82, 2.24) is 9.88 Å². The SMILES string of the molecule is COc1ccc(CN2CCC(O)(c3cccnc3)CC2)cc1COc1ccccc1F. The molecule has 1 aromatic heterocycles. The number of methoxy groups -OCH3 is 1. The van der Waals surface area contributed by atoms with Crippen molar-refractivity contribution in [3.8, 4) is 11.5 Å². The van der Waals surface area contributed by atoms with Gasteiger partial charge in [-0.25, -0.2) is 4.39 Å². The number of aromatic nitrogens is 1. The third kappa shape index (κ3) is 5.03. The zero-order valence-electron chi connectivity index (χ0n) is 17.6. The molecule has 3 aromatic rings. The third-order valence-corrected chi connectivity index (χ3v) is 5.85. The molecule has 1 saturated heterocycles. The Kier molecular flexibility index (Phi) is 6.49. The molecule has 1 N–H and O–H groups in total. The van der Waals surface area contributed by atoms with Crippen LogP contribution in [-0.2, 0) is 18.8 Å². The molecule has 0 unspecified atom stereocenters. The van der Waals surface area contributed by atoms with Crippen molar-refractivity contribution in [3.05, 3.63) is 89.5 Å². The van der Waals surface area contributed by atoms with Crippen molar-refractivity contribution in [1.29, 1.82) is 0 Å². The molecule has 0 radical (unpaired) electrons. The van der Waals surface area contributed by atoms with Gasteiger partial charge in [-0.05, 0) is 48.7 Å². The number of benzene rings is 2. The summed E-state index contributed by atoms with van der Waals surface area (Å²) in [6.45, 7) is 2.56. The summed E-state index contributed by atoms with van der Waals surface area (Å²) in [5, 5.41) is 11.0. The molecule has 2 aromatic carbocycles. The molecule has 6 heteroatoms. The van der Waals surface area contributed by atoms with E-state index in [1.807, 2.05) is 30.3 Å². The first kappa shape index (κ1) is 21.3. The van der Waals surface area contributed by atoms with Crippen LogP contribution < -0.4 is 9.47 Å². The first-order valence-corrected chi connectivity index (χ1v) is 10.5. The number of pyridine rings is 1. The van der Waals surface area contributed by atoms with E-state index in [1.165, 1.54) is 6.07 Å². The molecule has 5 nitrogen and oxygen atoms in total. The summed E-state index contributed by atoms with van der Waals surface area (Å²) in [7, 11) is 1.62. The Morgan fingerprint density at radius 3 is 2.58 bits per heavy atom. The molecule has 0 atom stereocenters. The molecule has 31 heavy (non-hydrogen) atoms. The standard InChI is InChI=1S/C25H27FN2O3/c1-30-23-9-8-19(15-20(23)18-31-24-7-3-2-6-22(24)26)17-28-13-10-25(29,11-14-28)21-5-4-12-27-16-21/h2-9,12,15-16,29H,10-11,13-14,17-18H2,1H3. The minimum atomic E-state index is -0.816. The molecule has 1 fully saturated rings. The first-order chi connectivity index (χ1) is 15.1. The number of hydrogen-bond acceptors (Lipinski definition) is 5. The number of aliphatic hydroxyl groups is 1. The summed E-state index contributed by atoms with van der Waals surface area (Å²) in [6.07, 6.45) is 4.80. The smallest absolute Gasteiger partial charge is 0.165 e. The van der Waals surface area contributed by atoms with Gasteiger partial charge in [-0.3, -0.25) is 9.88 Å². The number of rotatable bonds is 7. The van der Waals surface area contributed by atoms with Crippen molar-refractivity contribution in [2.24, 2.45) is 0 Å². The molecule has 0 aliphatic carbocycles. The van der Waals surface area contributed by atoms with Crippen LogP contribution in [0.15, 0.2) is 67.0 Å². The molecular formula is C25H27FN2O3. The molecule has 1 aliphatic heterocycles. The molecule has 0 spiro atoms. The minimum Gasteiger partial charge on any atom is -0.496 e. The lowest BCUT2D eigenvalue weighted by Gasteiger charge is -2.38. The maximum Gasteiger partial charge on any atom is 0.165 e. The number of hydrogen-bond donors (Lipinski definition) is 1. The van der Waals surface area contributed by atoms with E-state index in [9.17, 15) is 9.50 Å². The number of nitrogens with zero attached hydrogens (tertiary/aromatic N) is 2. The predicted octanol–water partition coefficient (Wildman–Crippen LogP) is 4.29. The third-order valence-electron chi connectivity index (χ3n) is 5.85. The van der Waals surface area contributed by atoms with Crippen LogP contribution in [0.25, 0.3) is 0 Å². The Labute approximate surface area is 182 Å². The van der Waals surface area contributed by atoms with Crippen LogP contribution in [-0.4, -0.2) is 35.2 Å². The van der Waals surface area contributed by atoms with Crippen LogP contribution in [0.2, 0.25) is 0 Å². The average molecular weight is 423 g/mol. The number of likely N-dealkylation sites (tertiary alicyclic amines) is 1. The highest BCUT2D eigenvalue weighted by molar-refractivity contribution is 5.37. The van der Waals surface area contributed by atoms with Crippen LogP contribution in [0, 0.1) is 5.82 Å². The van der Waals surface area contributed by atoms with Gasteiger partial charge in [-0.1, -0.05) is 24.3 Å². The van der Waals surface area contributed by atoms with Crippen molar-refractivity contribution in [2.45, 2.75) is 31.6 Å². The van der Waals surface area contributed by atoms with Gasteiger partial charge < -0.3 is 14.6 Å². The van der Waals surface area contributed by atoms with Crippen molar-refractivity contribution in [3.63, 3.8) is 0 Å². The van der Waals surface area contributed by atoms with E-state index < -0.39 is 5.60 Å². The highest BCUT2D eigenvalue weighted by atomic mass is 19.1. The highest BCUT2D eigenvalue weighted by Crippen LogP contribution is 2.33. The Morgan fingerprint density at radius 2 is 1.87 bits per heavy atom. The largest absolute Gasteiger partial charge is 0.496 e. The molecule has 0 saturated carbocycles. The highest BCUT2D eigenvalue weighted by Gasteiger charge is 2.34. The lowest BCUT2D eigenvalue weighted by Crippen LogP contribution is -2.42. The monoisotopic (exact) mass is 422 g/mol. The van der Waals surface area contributed by atoms with Gasteiger partial charge in [-0.2, -0.15) is 0 Å². The second kappa shape index (κ2) is 9.45. The van der Waals surface area contributed by atoms with Crippen LogP contribution in [0.5, 0.6) is 11.5 Å². The first-order valence-electron chi connectivity index (χ1n) is 10.5. The molecule has 1 aliphatic rings. The maximum atomic E-state index is 13.9. The van der Waals surface area contributed by atoms with Gasteiger partial charge >= 0.3 is 0 Å². The normalized spacial score (nSPS) is 16.1. The lowest BCUT2D eigenvalue weighted by atomic mass is 9.85. The van der Waals surface area contributed by atoms with Crippen LogP contribution in [0.1, 0.15) is 29.5 Å². The quantitative estimate of drug-likeness (QED) is 0.616. The topological polar surface area (TPSA) is 54.8 Å². The Balaban J connectivity index is 1.40. The lowest BCUT2D eigenvalue weighted by molar-refractivity contribution is -0.0279. The number of para-hydroxylation sites is 1. The second-order valence-electron chi connectivity index (χ2n) is 7.91. The summed E-state index contributed by atoms with van der Waals surface area (Å²) in [4.78, 5) is 6.47. The molecule has 2 heterocycles. The Bertz CT molecular complexity index is 1000. The van der Waals surface area contributed by atoms with Crippen molar-refractivity contribution in [2.75, 3.05) is 20.2 Å². The summed E-state index contributed by atoms with van der Waals surface area (Å²) in [6, 6.07) is 16.2.